The van der Waals surface area contributed by atoms with Crippen molar-refractivity contribution in [2.24, 2.45) is 0 Å². The Morgan fingerprint density at radius 3 is 2.88 bits per heavy atom. The van der Waals surface area contributed by atoms with Crippen LogP contribution in [0.5, 0.6) is 0 Å². The Balaban J connectivity index is 2.54. The van der Waals surface area contributed by atoms with Crippen LogP contribution in [-0.2, 0) is 0 Å². The van der Waals surface area contributed by atoms with Gasteiger partial charge >= 0.3 is 0 Å². The SMILES string of the molecule is C[C@@H]1NC[C@H](C)Nc2c1cccc2[N+](=O)[O-]. The predicted octanol–water partition coefficient (Wildman–Crippen LogP) is 2.06. The number of nitro benzene ring substituents is 1. The van der Waals surface area contributed by atoms with Gasteiger partial charge in [-0.3, -0.25) is 10.1 Å². The Morgan fingerprint density at radius 2 is 2.19 bits per heavy atom. The number of hydrogen-bond donors (Lipinski definition) is 2. The van der Waals surface area contributed by atoms with E-state index in [0.717, 1.165) is 12.1 Å². The molecule has 1 aromatic rings. The van der Waals surface area contributed by atoms with Crippen LogP contribution in [0.3, 0.4) is 0 Å². The molecular weight excluding hydrogens is 206 g/mol. The van der Waals surface area contributed by atoms with E-state index in [1.165, 1.54) is 6.07 Å². The summed E-state index contributed by atoms with van der Waals surface area (Å²) in [5.41, 5.74) is 1.76. The van der Waals surface area contributed by atoms with Crippen LogP contribution >= 0.6 is 0 Å². The van der Waals surface area contributed by atoms with E-state index in [0.29, 0.717) is 5.69 Å². The molecule has 0 saturated carbocycles. The van der Waals surface area contributed by atoms with Gasteiger partial charge in [-0.2, -0.15) is 0 Å². The first kappa shape index (κ1) is 10.9. The highest BCUT2D eigenvalue weighted by Gasteiger charge is 2.24. The number of fused-ring (bicyclic) bond motifs is 1. The summed E-state index contributed by atoms with van der Waals surface area (Å²) in [7, 11) is 0. The minimum atomic E-state index is -0.337. The Labute approximate surface area is 94.0 Å². The zero-order valence-corrected chi connectivity index (χ0v) is 9.36. The second kappa shape index (κ2) is 4.09. The fourth-order valence-corrected chi connectivity index (χ4v) is 1.99. The third kappa shape index (κ3) is 1.86. The summed E-state index contributed by atoms with van der Waals surface area (Å²) in [4.78, 5) is 10.6. The van der Waals surface area contributed by atoms with Crippen LogP contribution in [0.15, 0.2) is 18.2 Å². The van der Waals surface area contributed by atoms with Crippen LogP contribution < -0.4 is 10.6 Å². The molecule has 0 radical (unpaired) electrons. The number of para-hydroxylation sites is 1. The van der Waals surface area contributed by atoms with Crippen LogP contribution in [0, 0.1) is 10.1 Å². The van der Waals surface area contributed by atoms with Gasteiger partial charge in [0.05, 0.1) is 4.92 Å². The smallest absolute Gasteiger partial charge is 0.292 e. The highest BCUT2D eigenvalue weighted by molar-refractivity contribution is 5.68. The Morgan fingerprint density at radius 1 is 1.44 bits per heavy atom. The van der Waals surface area contributed by atoms with Gasteiger partial charge in [0.2, 0.25) is 0 Å². The molecule has 0 aromatic heterocycles. The number of nitrogens with one attached hydrogen (secondary N) is 2. The Bertz CT molecular complexity index is 420. The molecule has 2 N–H and O–H groups in total. The Hall–Kier alpha value is -1.62. The number of hydrogen-bond acceptors (Lipinski definition) is 4. The molecule has 1 heterocycles. The lowest BCUT2D eigenvalue weighted by Gasteiger charge is -2.13. The summed E-state index contributed by atoms with van der Waals surface area (Å²) >= 11 is 0. The van der Waals surface area contributed by atoms with Crippen molar-refractivity contribution < 1.29 is 4.92 Å². The maximum absolute atomic E-state index is 10.9. The van der Waals surface area contributed by atoms with Gasteiger partial charge in [0, 0.05) is 24.7 Å². The lowest BCUT2D eigenvalue weighted by atomic mass is 10.1. The summed E-state index contributed by atoms with van der Waals surface area (Å²) < 4.78 is 0. The highest BCUT2D eigenvalue weighted by Crippen LogP contribution is 2.33. The van der Waals surface area contributed by atoms with Crippen molar-refractivity contribution in [2.75, 3.05) is 11.9 Å². The molecule has 0 unspecified atom stereocenters. The minimum absolute atomic E-state index is 0.132. The van der Waals surface area contributed by atoms with Gasteiger partial charge in [-0.15, -0.1) is 0 Å². The van der Waals surface area contributed by atoms with E-state index in [9.17, 15) is 10.1 Å². The van der Waals surface area contributed by atoms with Crippen molar-refractivity contribution in [3.63, 3.8) is 0 Å². The van der Waals surface area contributed by atoms with Gasteiger partial charge < -0.3 is 10.6 Å². The van der Waals surface area contributed by atoms with Crippen molar-refractivity contribution in [3.05, 3.63) is 33.9 Å². The molecule has 5 heteroatoms. The third-order valence-electron chi connectivity index (χ3n) is 2.86. The van der Waals surface area contributed by atoms with E-state index >= 15 is 0 Å². The fourth-order valence-electron chi connectivity index (χ4n) is 1.99. The molecule has 16 heavy (non-hydrogen) atoms. The average molecular weight is 221 g/mol. The third-order valence-corrected chi connectivity index (χ3v) is 2.86. The maximum atomic E-state index is 10.9. The van der Waals surface area contributed by atoms with E-state index in [1.807, 2.05) is 19.9 Å². The van der Waals surface area contributed by atoms with Gasteiger partial charge in [0.1, 0.15) is 5.69 Å². The molecule has 0 amide bonds. The zero-order chi connectivity index (χ0) is 11.7. The normalized spacial score (nSPS) is 24.1. The number of rotatable bonds is 1. The van der Waals surface area contributed by atoms with Crippen LogP contribution in [0.2, 0.25) is 0 Å². The molecule has 1 aliphatic heterocycles. The zero-order valence-electron chi connectivity index (χ0n) is 9.36. The highest BCUT2D eigenvalue weighted by atomic mass is 16.6. The number of nitrogens with zero attached hydrogens (tertiary/aromatic N) is 1. The largest absolute Gasteiger partial charge is 0.375 e. The van der Waals surface area contributed by atoms with Gasteiger partial charge in [0.25, 0.3) is 5.69 Å². The summed E-state index contributed by atoms with van der Waals surface area (Å²) in [6.45, 7) is 4.82. The van der Waals surface area contributed by atoms with E-state index in [4.69, 9.17) is 0 Å². The summed E-state index contributed by atoms with van der Waals surface area (Å²) in [6.07, 6.45) is 0. The summed E-state index contributed by atoms with van der Waals surface area (Å²) in [6, 6.07) is 5.51. The molecule has 2 atom stereocenters. The monoisotopic (exact) mass is 221 g/mol. The molecule has 0 fully saturated rings. The van der Waals surface area contributed by atoms with E-state index in [2.05, 4.69) is 10.6 Å². The van der Waals surface area contributed by atoms with Gasteiger partial charge in [-0.1, -0.05) is 12.1 Å². The van der Waals surface area contributed by atoms with E-state index in [-0.39, 0.29) is 22.7 Å². The molecule has 0 bridgehead atoms. The summed E-state index contributed by atoms with van der Waals surface area (Å²) in [5.74, 6) is 0. The molecule has 1 aliphatic rings. The molecule has 5 nitrogen and oxygen atoms in total. The molecule has 1 aromatic carbocycles. The molecule has 0 spiro atoms. The number of nitro groups is 1. The van der Waals surface area contributed by atoms with Crippen LogP contribution in [0.4, 0.5) is 11.4 Å². The van der Waals surface area contributed by atoms with Crippen molar-refractivity contribution in [3.8, 4) is 0 Å². The predicted molar refractivity (Wildman–Crippen MR) is 62.6 cm³/mol. The van der Waals surface area contributed by atoms with E-state index < -0.39 is 0 Å². The van der Waals surface area contributed by atoms with Gasteiger partial charge in [-0.05, 0) is 19.4 Å². The molecule has 0 saturated heterocycles. The second-order valence-electron chi connectivity index (χ2n) is 4.17. The first-order valence-corrected chi connectivity index (χ1v) is 5.37. The number of anilines is 1. The fraction of sp³-hybridized carbons (Fsp3) is 0.455. The lowest BCUT2D eigenvalue weighted by Crippen LogP contribution is -2.28. The standard InChI is InChI=1S/C11H15N3O2/c1-7-6-12-8(2)9-4-3-5-10(14(15)16)11(9)13-7/h3-5,7-8,12-13H,6H2,1-2H3/t7-,8-/m0/s1. The molecule has 2 rings (SSSR count). The van der Waals surface area contributed by atoms with Crippen molar-refractivity contribution in [1.29, 1.82) is 0 Å². The first-order valence-electron chi connectivity index (χ1n) is 5.37. The quantitative estimate of drug-likeness (QED) is 0.562. The van der Waals surface area contributed by atoms with Crippen molar-refractivity contribution >= 4 is 11.4 Å². The average Bonchev–Trinajstić information content (AvgIpc) is 2.38. The van der Waals surface area contributed by atoms with Crippen molar-refractivity contribution in [1.82, 2.24) is 5.32 Å². The minimum Gasteiger partial charge on any atom is -0.375 e. The van der Waals surface area contributed by atoms with Gasteiger partial charge in [0.15, 0.2) is 0 Å². The second-order valence-corrected chi connectivity index (χ2v) is 4.17. The van der Waals surface area contributed by atoms with Crippen LogP contribution in [0.1, 0.15) is 25.5 Å². The van der Waals surface area contributed by atoms with Crippen molar-refractivity contribution in [2.45, 2.75) is 25.9 Å². The molecule has 0 aliphatic carbocycles. The maximum Gasteiger partial charge on any atom is 0.292 e. The number of benzene rings is 1. The van der Waals surface area contributed by atoms with Gasteiger partial charge in [-0.25, -0.2) is 0 Å². The topological polar surface area (TPSA) is 67.2 Å². The van der Waals surface area contributed by atoms with E-state index in [1.54, 1.807) is 6.07 Å². The van der Waals surface area contributed by atoms with Crippen LogP contribution in [-0.4, -0.2) is 17.5 Å². The van der Waals surface area contributed by atoms with Crippen LogP contribution in [0.25, 0.3) is 0 Å². The first-order chi connectivity index (χ1) is 7.59. The summed E-state index contributed by atoms with van der Waals surface area (Å²) in [5, 5.41) is 17.5. The molecule has 86 valence electrons. The Kier molecular flexibility index (Phi) is 2.78. The molecular formula is C11H15N3O2. The lowest BCUT2D eigenvalue weighted by molar-refractivity contribution is -0.384.